The van der Waals surface area contributed by atoms with Crippen LogP contribution in [0, 0.1) is 5.92 Å². The topological polar surface area (TPSA) is 50.1 Å². The van der Waals surface area contributed by atoms with E-state index in [0.29, 0.717) is 18.5 Å². The molecule has 0 bridgehead atoms. The number of nitrogens with zero attached hydrogens (tertiary/aromatic N) is 2. The Kier molecular flexibility index (Phi) is 6.22. The SMILES string of the molecule is CCCC(O)CNC(Cn1cccn1)C(C)C. The molecule has 17 heavy (non-hydrogen) atoms. The van der Waals surface area contributed by atoms with E-state index < -0.39 is 0 Å². The van der Waals surface area contributed by atoms with Gasteiger partial charge >= 0.3 is 0 Å². The van der Waals surface area contributed by atoms with Gasteiger partial charge in [-0.2, -0.15) is 5.10 Å². The lowest BCUT2D eigenvalue weighted by molar-refractivity contribution is 0.150. The van der Waals surface area contributed by atoms with Crippen LogP contribution in [0.15, 0.2) is 18.5 Å². The first kappa shape index (κ1) is 14.2. The van der Waals surface area contributed by atoms with Crippen molar-refractivity contribution in [1.82, 2.24) is 15.1 Å². The fourth-order valence-electron chi connectivity index (χ4n) is 1.84. The van der Waals surface area contributed by atoms with E-state index >= 15 is 0 Å². The third-order valence-corrected chi connectivity index (χ3v) is 2.99. The lowest BCUT2D eigenvalue weighted by atomic mass is 10.0. The molecular weight excluding hydrogens is 214 g/mol. The highest BCUT2D eigenvalue weighted by Crippen LogP contribution is 2.05. The van der Waals surface area contributed by atoms with Crippen molar-refractivity contribution < 1.29 is 5.11 Å². The highest BCUT2D eigenvalue weighted by Gasteiger charge is 2.15. The van der Waals surface area contributed by atoms with Crippen LogP contribution in [0.1, 0.15) is 33.6 Å². The number of hydrogen-bond acceptors (Lipinski definition) is 3. The number of rotatable bonds is 8. The normalized spacial score (nSPS) is 15.1. The second-order valence-electron chi connectivity index (χ2n) is 4.93. The first-order valence-corrected chi connectivity index (χ1v) is 6.52. The van der Waals surface area contributed by atoms with Gasteiger partial charge < -0.3 is 10.4 Å². The molecule has 0 aliphatic rings. The lowest BCUT2D eigenvalue weighted by Gasteiger charge is -2.24. The molecule has 0 aliphatic carbocycles. The Morgan fingerprint density at radius 2 is 2.18 bits per heavy atom. The highest BCUT2D eigenvalue weighted by molar-refractivity contribution is 4.81. The minimum atomic E-state index is -0.237. The van der Waals surface area contributed by atoms with E-state index in [1.54, 1.807) is 6.20 Å². The van der Waals surface area contributed by atoms with Gasteiger partial charge in [-0.3, -0.25) is 4.68 Å². The summed E-state index contributed by atoms with van der Waals surface area (Å²) < 4.78 is 1.93. The molecule has 0 radical (unpaired) electrons. The van der Waals surface area contributed by atoms with Crippen LogP contribution in [0.2, 0.25) is 0 Å². The van der Waals surface area contributed by atoms with Crippen molar-refractivity contribution in [2.75, 3.05) is 6.54 Å². The van der Waals surface area contributed by atoms with Crippen molar-refractivity contribution in [3.8, 4) is 0 Å². The number of nitrogens with one attached hydrogen (secondary N) is 1. The molecule has 0 aromatic carbocycles. The second kappa shape index (κ2) is 7.45. The molecule has 1 heterocycles. The summed E-state index contributed by atoms with van der Waals surface area (Å²) in [5.41, 5.74) is 0. The first-order valence-electron chi connectivity index (χ1n) is 6.52. The Labute approximate surface area is 104 Å². The van der Waals surface area contributed by atoms with Gasteiger partial charge in [-0.05, 0) is 18.4 Å². The zero-order valence-electron chi connectivity index (χ0n) is 11.1. The molecule has 98 valence electrons. The number of hydrogen-bond donors (Lipinski definition) is 2. The molecule has 0 aliphatic heterocycles. The summed E-state index contributed by atoms with van der Waals surface area (Å²) in [6, 6.07) is 2.28. The Balaban J connectivity index is 2.38. The van der Waals surface area contributed by atoms with Crippen molar-refractivity contribution in [3.05, 3.63) is 18.5 Å². The van der Waals surface area contributed by atoms with E-state index in [4.69, 9.17) is 0 Å². The van der Waals surface area contributed by atoms with Crippen LogP contribution in [0.4, 0.5) is 0 Å². The van der Waals surface area contributed by atoms with Crippen LogP contribution in [-0.4, -0.2) is 33.6 Å². The molecule has 1 aromatic heterocycles. The van der Waals surface area contributed by atoms with Crippen molar-refractivity contribution >= 4 is 0 Å². The number of aliphatic hydroxyl groups is 1. The molecule has 4 nitrogen and oxygen atoms in total. The molecule has 2 atom stereocenters. The van der Waals surface area contributed by atoms with E-state index in [2.05, 4.69) is 31.2 Å². The van der Waals surface area contributed by atoms with Gasteiger partial charge in [0.15, 0.2) is 0 Å². The fourth-order valence-corrected chi connectivity index (χ4v) is 1.84. The van der Waals surface area contributed by atoms with E-state index in [0.717, 1.165) is 19.4 Å². The van der Waals surface area contributed by atoms with Crippen molar-refractivity contribution in [2.24, 2.45) is 5.92 Å². The average molecular weight is 239 g/mol. The maximum atomic E-state index is 9.72. The molecule has 0 fully saturated rings. The monoisotopic (exact) mass is 239 g/mol. The summed E-state index contributed by atoms with van der Waals surface area (Å²) >= 11 is 0. The van der Waals surface area contributed by atoms with Crippen molar-refractivity contribution in [3.63, 3.8) is 0 Å². The molecule has 2 unspecified atom stereocenters. The summed E-state index contributed by atoms with van der Waals surface area (Å²) in [6.07, 6.45) is 5.41. The molecule has 0 amide bonds. The molecule has 1 rings (SSSR count). The molecule has 0 saturated heterocycles. The van der Waals surface area contributed by atoms with Crippen molar-refractivity contribution in [2.45, 2.75) is 52.3 Å². The van der Waals surface area contributed by atoms with E-state index in [1.165, 1.54) is 0 Å². The summed E-state index contributed by atoms with van der Waals surface area (Å²) in [4.78, 5) is 0. The van der Waals surface area contributed by atoms with Crippen molar-refractivity contribution in [1.29, 1.82) is 0 Å². The molecule has 1 aromatic rings. The largest absolute Gasteiger partial charge is 0.392 e. The summed E-state index contributed by atoms with van der Waals surface area (Å²) in [7, 11) is 0. The van der Waals surface area contributed by atoms with Gasteiger partial charge in [-0.1, -0.05) is 27.2 Å². The molecule has 2 N–H and O–H groups in total. The van der Waals surface area contributed by atoms with E-state index in [1.807, 2.05) is 16.9 Å². The first-order chi connectivity index (χ1) is 8.13. The van der Waals surface area contributed by atoms with Gasteiger partial charge in [0.05, 0.1) is 12.6 Å². The summed E-state index contributed by atoms with van der Waals surface area (Å²) in [5.74, 6) is 0.521. The van der Waals surface area contributed by atoms with Crippen LogP contribution in [0.25, 0.3) is 0 Å². The second-order valence-corrected chi connectivity index (χ2v) is 4.93. The van der Waals surface area contributed by atoms with Crippen LogP contribution in [0.5, 0.6) is 0 Å². The summed E-state index contributed by atoms with van der Waals surface area (Å²) in [5, 5.41) is 17.4. The quantitative estimate of drug-likeness (QED) is 0.725. The Morgan fingerprint density at radius 1 is 1.41 bits per heavy atom. The van der Waals surface area contributed by atoms with Gasteiger partial charge in [0.1, 0.15) is 0 Å². The van der Waals surface area contributed by atoms with Gasteiger partial charge in [-0.15, -0.1) is 0 Å². The predicted molar refractivity (Wildman–Crippen MR) is 69.8 cm³/mol. The smallest absolute Gasteiger partial charge is 0.0664 e. The summed E-state index contributed by atoms with van der Waals surface area (Å²) in [6.45, 7) is 7.98. The maximum Gasteiger partial charge on any atom is 0.0664 e. The van der Waals surface area contributed by atoms with Crippen LogP contribution in [-0.2, 0) is 6.54 Å². The van der Waals surface area contributed by atoms with E-state index in [9.17, 15) is 5.11 Å². The predicted octanol–water partition coefficient (Wildman–Crippen LogP) is 1.66. The molecule has 4 heteroatoms. The molecular formula is C13H25N3O. The van der Waals surface area contributed by atoms with Gasteiger partial charge in [-0.25, -0.2) is 0 Å². The molecule has 0 spiro atoms. The third kappa shape index (κ3) is 5.33. The maximum absolute atomic E-state index is 9.72. The molecule has 0 saturated carbocycles. The fraction of sp³-hybridized carbons (Fsp3) is 0.769. The van der Waals surface area contributed by atoms with Gasteiger partial charge in [0, 0.05) is 25.0 Å². The third-order valence-electron chi connectivity index (χ3n) is 2.99. The number of aliphatic hydroxyl groups excluding tert-OH is 1. The zero-order chi connectivity index (χ0) is 12.7. The van der Waals surface area contributed by atoms with E-state index in [-0.39, 0.29) is 6.10 Å². The van der Waals surface area contributed by atoms with Gasteiger partial charge in [0.2, 0.25) is 0 Å². The minimum Gasteiger partial charge on any atom is -0.392 e. The lowest BCUT2D eigenvalue weighted by Crippen LogP contribution is -2.41. The Morgan fingerprint density at radius 3 is 2.71 bits per heavy atom. The minimum absolute atomic E-state index is 0.237. The average Bonchev–Trinajstić information content (AvgIpc) is 2.76. The standard InChI is InChI=1S/C13H25N3O/c1-4-6-12(17)9-14-13(11(2)3)10-16-8-5-7-15-16/h5,7-8,11-14,17H,4,6,9-10H2,1-3H3. The van der Waals surface area contributed by atoms with Crippen LogP contribution in [0.3, 0.4) is 0 Å². The number of aromatic nitrogens is 2. The highest BCUT2D eigenvalue weighted by atomic mass is 16.3. The zero-order valence-corrected chi connectivity index (χ0v) is 11.1. The van der Waals surface area contributed by atoms with Gasteiger partial charge in [0.25, 0.3) is 0 Å². The Hall–Kier alpha value is -0.870. The van der Waals surface area contributed by atoms with Crippen LogP contribution < -0.4 is 5.32 Å². The Bertz CT molecular complexity index is 285. The van der Waals surface area contributed by atoms with Crippen LogP contribution >= 0.6 is 0 Å².